The molecule has 4 heterocycles. The molecule has 0 bridgehead atoms. The molecule has 11 heteroatoms. The van der Waals surface area contributed by atoms with Crippen LogP contribution in [0, 0.1) is 24.4 Å². The molecule has 8 nitrogen and oxygen atoms in total. The zero-order valence-corrected chi connectivity index (χ0v) is 22.8. The van der Waals surface area contributed by atoms with Gasteiger partial charge in [0, 0.05) is 55.6 Å². The molecule has 0 spiro atoms. The van der Waals surface area contributed by atoms with Crippen molar-refractivity contribution in [2.75, 3.05) is 44.7 Å². The van der Waals surface area contributed by atoms with Gasteiger partial charge in [0.05, 0.1) is 31.0 Å². The number of anilines is 2. The molecule has 2 fully saturated rings. The van der Waals surface area contributed by atoms with Gasteiger partial charge in [-0.1, -0.05) is 6.07 Å². The molecule has 2 aromatic carbocycles. The Morgan fingerprint density at radius 3 is 2.42 bits per heavy atom. The molecular weight excluding hydrogens is 519 g/mol. The molecule has 40 heavy (non-hydrogen) atoms. The molecule has 1 N–H and O–H groups in total. The lowest BCUT2D eigenvalue weighted by molar-refractivity contribution is -0.0774. The number of nitrogens with zero attached hydrogens (tertiary/aromatic N) is 6. The fourth-order valence-electron chi connectivity index (χ4n) is 5.53. The van der Waals surface area contributed by atoms with Gasteiger partial charge in [0.2, 0.25) is 5.95 Å². The van der Waals surface area contributed by atoms with Crippen LogP contribution in [0.25, 0.3) is 22.3 Å². The van der Waals surface area contributed by atoms with Gasteiger partial charge in [-0.25, -0.2) is 28.1 Å². The number of halogens is 3. The monoisotopic (exact) mass is 551 g/mol. The van der Waals surface area contributed by atoms with Crippen molar-refractivity contribution in [1.82, 2.24) is 29.3 Å². The SMILES string of the molecule is Cc1nc2c(F)cc(-c3nc(Nc4ccc(CN5CCN(C6COC6)CC5)c(F)c4)ncc3F)cc2n1C(C)C. The Morgan fingerprint density at radius 1 is 0.975 bits per heavy atom. The van der Waals surface area contributed by atoms with Gasteiger partial charge >= 0.3 is 0 Å². The maximum Gasteiger partial charge on any atom is 0.227 e. The molecule has 0 aliphatic carbocycles. The van der Waals surface area contributed by atoms with Crippen molar-refractivity contribution in [2.24, 2.45) is 0 Å². The summed E-state index contributed by atoms with van der Waals surface area (Å²) < 4.78 is 52.1. The Balaban J connectivity index is 1.19. The number of hydrogen-bond donors (Lipinski definition) is 1. The van der Waals surface area contributed by atoms with E-state index in [9.17, 15) is 8.78 Å². The molecule has 2 aromatic heterocycles. The molecule has 0 saturated carbocycles. The molecular formula is C29H32F3N7O. The van der Waals surface area contributed by atoms with Crippen LogP contribution in [0.15, 0.2) is 36.5 Å². The third kappa shape index (κ3) is 5.16. The zero-order chi connectivity index (χ0) is 28.0. The Morgan fingerprint density at radius 2 is 1.75 bits per heavy atom. The molecule has 0 unspecified atom stereocenters. The molecule has 0 atom stereocenters. The van der Waals surface area contributed by atoms with Gasteiger partial charge in [0.1, 0.15) is 22.9 Å². The van der Waals surface area contributed by atoms with Crippen LogP contribution in [0.4, 0.5) is 24.8 Å². The zero-order valence-electron chi connectivity index (χ0n) is 22.8. The van der Waals surface area contributed by atoms with E-state index in [-0.39, 0.29) is 34.6 Å². The van der Waals surface area contributed by atoms with E-state index >= 15 is 4.39 Å². The predicted octanol–water partition coefficient (Wildman–Crippen LogP) is 5.06. The third-order valence-corrected chi connectivity index (χ3v) is 7.71. The van der Waals surface area contributed by atoms with Crippen LogP contribution in [0.5, 0.6) is 0 Å². The smallest absolute Gasteiger partial charge is 0.227 e. The van der Waals surface area contributed by atoms with Gasteiger partial charge in [0.15, 0.2) is 11.6 Å². The minimum atomic E-state index is -0.692. The fourth-order valence-corrected chi connectivity index (χ4v) is 5.53. The van der Waals surface area contributed by atoms with E-state index in [4.69, 9.17) is 4.74 Å². The van der Waals surface area contributed by atoms with Crippen LogP contribution in [0.2, 0.25) is 0 Å². The minimum absolute atomic E-state index is 0.0389. The lowest BCUT2D eigenvalue weighted by atomic mass is 10.1. The number of aryl methyl sites for hydroxylation is 1. The lowest BCUT2D eigenvalue weighted by Crippen LogP contribution is -2.56. The van der Waals surface area contributed by atoms with Crippen LogP contribution >= 0.6 is 0 Å². The van der Waals surface area contributed by atoms with Crippen LogP contribution in [-0.2, 0) is 11.3 Å². The molecule has 2 aliphatic heterocycles. The number of hydrogen-bond acceptors (Lipinski definition) is 7. The molecule has 210 valence electrons. The van der Waals surface area contributed by atoms with Crippen molar-refractivity contribution >= 4 is 22.7 Å². The number of aromatic nitrogens is 4. The predicted molar refractivity (Wildman–Crippen MR) is 147 cm³/mol. The highest BCUT2D eigenvalue weighted by molar-refractivity contribution is 5.83. The first-order chi connectivity index (χ1) is 19.3. The number of ether oxygens (including phenoxy) is 1. The van der Waals surface area contributed by atoms with Crippen LogP contribution in [0.3, 0.4) is 0 Å². The number of benzene rings is 2. The second-order valence-electron chi connectivity index (χ2n) is 10.8. The van der Waals surface area contributed by atoms with Gasteiger partial charge in [-0.15, -0.1) is 0 Å². The summed E-state index contributed by atoms with van der Waals surface area (Å²) in [6, 6.07) is 8.35. The van der Waals surface area contributed by atoms with Crippen LogP contribution in [-0.4, -0.2) is 74.8 Å². The van der Waals surface area contributed by atoms with E-state index in [2.05, 4.69) is 30.1 Å². The fraction of sp³-hybridized carbons (Fsp3) is 0.414. The standard InChI is InChI=1S/C29H32F3N7O/c1-17(2)39-18(3)34-28-24(31)10-20(11-26(28)39)27-25(32)13-33-29(36-27)35-21-5-4-19(23(30)12-21)14-37-6-8-38(9-7-37)22-15-40-16-22/h4-5,10-13,17,22H,6-9,14-16H2,1-3H3,(H,33,35,36). The maximum atomic E-state index is 15.0. The second kappa shape index (κ2) is 10.8. The van der Waals surface area contributed by atoms with Gasteiger partial charge in [-0.2, -0.15) is 0 Å². The quantitative estimate of drug-likeness (QED) is 0.344. The topological polar surface area (TPSA) is 71.3 Å². The molecule has 2 saturated heterocycles. The number of fused-ring (bicyclic) bond motifs is 1. The van der Waals surface area contributed by atoms with Gasteiger partial charge in [-0.3, -0.25) is 9.80 Å². The summed E-state index contributed by atoms with van der Waals surface area (Å²) in [5.74, 6) is -0.842. The van der Waals surface area contributed by atoms with Crippen LogP contribution < -0.4 is 5.32 Å². The normalized spacial score (nSPS) is 17.1. The first-order valence-corrected chi connectivity index (χ1v) is 13.6. The number of piperazine rings is 1. The second-order valence-corrected chi connectivity index (χ2v) is 10.8. The summed E-state index contributed by atoms with van der Waals surface area (Å²) in [5.41, 5.74) is 2.04. The number of rotatable bonds is 7. The molecule has 0 amide bonds. The molecule has 4 aromatic rings. The Hall–Kier alpha value is -3.54. The molecule has 0 radical (unpaired) electrons. The average molecular weight is 552 g/mol. The summed E-state index contributed by atoms with van der Waals surface area (Å²) in [6.45, 7) is 11.6. The van der Waals surface area contributed by atoms with Gasteiger partial charge in [-0.05, 0) is 45.0 Å². The van der Waals surface area contributed by atoms with E-state index in [1.807, 2.05) is 25.3 Å². The number of nitrogens with one attached hydrogen (secondary N) is 1. The van der Waals surface area contributed by atoms with E-state index < -0.39 is 11.6 Å². The van der Waals surface area contributed by atoms with E-state index in [1.165, 1.54) is 12.1 Å². The van der Waals surface area contributed by atoms with Crippen molar-refractivity contribution in [1.29, 1.82) is 0 Å². The van der Waals surface area contributed by atoms with E-state index in [0.717, 1.165) is 45.6 Å². The Kier molecular flexibility index (Phi) is 7.20. The third-order valence-electron chi connectivity index (χ3n) is 7.71. The van der Waals surface area contributed by atoms with Crippen molar-refractivity contribution < 1.29 is 17.9 Å². The lowest BCUT2D eigenvalue weighted by Gasteiger charge is -2.42. The van der Waals surface area contributed by atoms with Gasteiger partial charge < -0.3 is 14.6 Å². The molecule has 2 aliphatic rings. The number of imidazole rings is 1. The summed E-state index contributed by atoms with van der Waals surface area (Å²) in [4.78, 5) is 17.4. The van der Waals surface area contributed by atoms with Crippen LogP contribution in [0.1, 0.15) is 31.3 Å². The van der Waals surface area contributed by atoms with Crippen molar-refractivity contribution in [3.63, 3.8) is 0 Å². The minimum Gasteiger partial charge on any atom is -0.378 e. The van der Waals surface area contributed by atoms with E-state index in [1.54, 1.807) is 18.2 Å². The summed E-state index contributed by atoms with van der Waals surface area (Å²) in [5, 5.41) is 2.96. The maximum absolute atomic E-state index is 15.0. The first-order valence-electron chi connectivity index (χ1n) is 13.6. The highest BCUT2D eigenvalue weighted by atomic mass is 19.1. The summed E-state index contributed by atoms with van der Waals surface area (Å²) in [7, 11) is 0. The Bertz CT molecular complexity index is 1540. The van der Waals surface area contributed by atoms with Crippen molar-refractivity contribution in [3.8, 4) is 11.3 Å². The average Bonchev–Trinajstić information content (AvgIpc) is 3.23. The van der Waals surface area contributed by atoms with Gasteiger partial charge in [0.25, 0.3) is 0 Å². The molecule has 6 rings (SSSR count). The van der Waals surface area contributed by atoms with Crippen molar-refractivity contribution in [2.45, 2.75) is 39.4 Å². The highest BCUT2D eigenvalue weighted by Gasteiger charge is 2.29. The first kappa shape index (κ1) is 26.7. The Labute approximate surface area is 230 Å². The van der Waals surface area contributed by atoms with E-state index in [0.29, 0.717) is 35.2 Å². The summed E-state index contributed by atoms with van der Waals surface area (Å²) in [6.07, 6.45) is 1.03. The highest BCUT2D eigenvalue weighted by Crippen LogP contribution is 2.31. The van der Waals surface area contributed by atoms with Crippen molar-refractivity contribution in [3.05, 3.63) is 65.4 Å². The summed E-state index contributed by atoms with van der Waals surface area (Å²) >= 11 is 0. The largest absolute Gasteiger partial charge is 0.378 e.